The van der Waals surface area contributed by atoms with Gasteiger partial charge in [-0.05, 0) is 42.2 Å². The molecule has 0 aromatic carbocycles. The third-order valence-electron chi connectivity index (χ3n) is 3.22. The van der Waals surface area contributed by atoms with E-state index in [4.69, 9.17) is 22.1 Å². The number of nitrogens with zero attached hydrogens (tertiary/aromatic N) is 3. The second-order valence-corrected chi connectivity index (χ2v) is 6.24. The highest BCUT2D eigenvalue weighted by Gasteiger charge is 2.33. The SMILES string of the molecule is CC1CC(Oc2nc(N)nc(Cl)n2)CC(C)(C)C1. The number of halogens is 1. The van der Waals surface area contributed by atoms with Crippen molar-refractivity contribution in [1.29, 1.82) is 0 Å². The third kappa shape index (κ3) is 3.45. The Morgan fingerprint density at radius 1 is 1.28 bits per heavy atom. The summed E-state index contributed by atoms with van der Waals surface area (Å²) in [5.41, 5.74) is 5.80. The molecule has 100 valence electrons. The monoisotopic (exact) mass is 270 g/mol. The number of nitrogens with two attached hydrogens (primary N) is 1. The molecule has 1 fully saturated rings. The average Bonchev–Trinajstić information content (AvgIpc) is 2.10. The van der Waals surface area contributed by atoms with Gasteiger partial charge >= 0.3 is 6.01 Å². The van der Waals surface area contributed by atoms with E-state index in [-0.39, 0.29) is 28.8 Å². The fourth-order valence-electron chi connectivity index (χ4n) is 2.90. The molecule has 2 unspecified atom stereocenters. The summed E-state index contributed by atoms with van der Waals surface area (Å²) in [6.45, 7) is 6.76. The molecular weight excluding hydrogens is 252 g/mol. The Balaban J connectivity index is 2.08. The van der Waals surface area contributed by atoms with E-state index >= 15 is 0 Å². The van der Waals surface area contributed by atoms with Crippen molar-refractivity contribution >= 4 is 17.5 Å². The fraction of sp³-hybridized carbons (Fsp3) is 0.750. The second kappa shape index (κ2) is 4.88. The Bertz CT molecular complexity index is 418. The molecular formula is C12H19ClN4O. The highest BCUT2D eigenvalue weighted by atomic mass is 35.5. The number of aromatic nitrogens is 3. The van der Waals surface area contributed by atoms with Crippen LogP contribution < -0.4 is 10.5 Å². The van der Waals surface area contributed by atoms with Crippen LogP contribution in [0.15, 0.2) is 0 Å². The molecule has 1 aliphatic carbocycles. The first-order chi connectivity index (χ1) is 8.34. The molecule has 1 aromatic rings. The standard InChI is InChI=1S/C12H19ClN4O/c1-7-4-8(6-12(2,3)5-7)18-11-16-9(13)15-10(14)17-11/h7-8H,4-6H2,1-3H3,(H2,14,15,16,17). The minimum absolute atomic E-state index is 0.0700. The molecule has 0 saturated heterocycles. The number of rotatable bonds is 2. The van der Waals surface area contributed by atoms with E-state index < -0.39 is 0 Å². The lowest BCUT2D eigenvalue weighted by molar-refractivity contribution is 0.0499. The van der Waals surface area contributed by atoms with Crippen molar-refractivity contribution in [2.75, 3.05) is 5.73 Å². The summed E-state index contributed by atoms with van der Waals surface area (Å²) >= 11 is 5.73. The van der Waals surface area contributed by atoms with Crippen LogP contribution in [0.25, 0.3) is 0 Å². The Kier molecular flexibility index (Phi) is 3.61. The zero-order chi connectivity index (χ0) is 13.3. The van der Waals surface area contributed by atoms with Gasteiger partial charge in [0.25, 0.3) is 0 Å². The summed E-state index contributed by atoms with van der Waals surface area (Å²) in [6.07, 6.45) is 3.32. The molecule has 0 radical (unpaired) electrons. The molecule has 1 aromatic heterocycles. The lowest BCUT2D eigenvalue weighted by Gasteiger charge is -2.38. The van der Waals surface area contributed by atoms with E-state index in [1.165, 1.54) is 6.42 Å². The third-order valence-corrected chi connectivity index (χ3v) is 3.39. The Morgan fingerprint density at radius 2 is 2.00 bits per heavy atom. The van der Waals surface area contributed by atoms with Crippen molar-refractivity contribution in [1.82, 2.24) is 15.0 Å². The quantitative estimate of drug-likeness (QED) is 0.894. The minimum atomic E-state index is 0.0700. The number of hydrogen-bond donors (Lipinski definition) is 1. The first-order valence-corrected chi connectivity index (χ1v) is 6.55. The normalized spacial score (nSPS) is 26.9. The van der Waals surface area contributed by atoms with E-state index in [9.17, 15) is 0 Å². The molecule has 2 N–H and O–H groups in total. The molecule has 0 bridgehead atoms. The highest BCUT2D eigenvalue weighted by molar-refractivity contribution is 6.28. The van der Waals surface area contributed by atoms with E-state index in [0.29, 0.717) is 5.92 Å². The molecule has 18 heavy (non-hydrogen) atoms. The summed E-state index contributed by atoms with van der Waals surface area (Å²) in [5.74, 6) is 0.724. The van der Waals surface area contributed by atoms with E-state index in [1.54, 1.807) is 0 Å². The summed E-state index contributed by atoms with van der Waals surface area (Å²) in [4.78, 5) is 11.6. The van der Waals surface area contributed by atoms with E-state index in [0.717, 1.165) is 12.8 Å². The molecule has 1 aliphatic rings. The van der Waals surface area contributed by atoms with Crippen molar-refractivity contribution in [3.05, 3.63) is 5.28 Å². The maximum Gasteiger partial charge on any atom is 0.322 e. The van der Waals surface area contributed by atoms with Gasteiger partial charge in [0.1, 0.15) is 6.10 Å². The predicted octanol–water partition coefficient (Wildman–Crippen LogP) is 2.70. The van der Waals surface area contributed by atoms with Crippen LogP contribution in [0.3, 0.4) is 0 Å². The largest absolute Gasteiger partial charge is 0.460 e. The minimum Gasteiger partial charge on any atom is -0.460 e. The van der Waals surface area contributed by atoms with Crippen molar-refractivity contribution < 1.29 is 4.74 Å². The lowest BCUT2D eigenvalue weighted by Crippen LogP contribution is -2.34. The van der Waals surface area contributed by atoms with Crippen LogP contribution in [0, 0.1) is 11.3 Å². The Labute approximate surface area is 112 Å². The zero-order valence-electron chi connectivity index (χ0n) is 11.0. The topological polar surface area (TPSA) is 73.9 Å². The van der Waals surface area contributed by atoms with Gasteiger partial charge in [0, 0.05) is 0 Å². The van der Waals surface area contributed by atoms with Gasteiger partial charge in [-0.1, -0.05) is 20.8 Å². The van der Waals surface area contributed by atoms with Gasteiger partial charge in [0.05, 0.1) is 0 Å². The van der Waals surface area contributed by atoms with Gasteiger partial charge in [-0.3, -0.25) is 0 Å². The van der Waals surface area contributed by atoms with Crippen LogP contribution in [0.2, 0.25) is 5.28 Å². The molecule has 0 amide bonds. The van der Waals surface area contributed by atoms with Gasteiger partial charge in [0.2, 0.25) is 11.2 Å². The van der Waals surface area contributed by atoms with Crippen LogP contribution in [0.5, 0.6) is 6.01 Å². The van der Waals surface area contributed by atoms with Gasteiger partial charge in [-0.25, -0.2) is 0 Å². The van der Waals surface area contributed by atoms with Crippen molar-refractivity contribution in [2.45, 2.75) is 46.1 Å². The molecule has 1 saturated carbocycles. The lowest BCUT2D eigenvalue weighted by atomic mass is 9.71. The smallest absolute Gasteiger partial charge is 0.322 e. The number of ether oxygens (including phenoxy) is 1. The first kappa shape index (κ1) is 13.3. The number of hydrogen-bond acceptors (Lipinski definition) is 5. The summed E-state index contributed by atoms with van der Waals surface area (Å²) in [7, 11) is 0. The molecule has 1 heterocycles. The summed E-state index contributed by atoms with van der Waals surface area (Å²) < 4.78 is 5.80. The van der Waals surface area contributed by atoms with Gasteiger partial charge in [0.15, 0.2) is 0 Å². The van der Waals surface area contributed by atoms with Crippen LogP contribution in [-0.4, -0.2) is 21.1 Å². The first-order valence-electron chi connectivity index (χ1n) is 6.18. The van der Waals surface area contributed by atoms with Crippen molar-refractivity contribution in [3.63, 3.8) is 0 Å². The molecule has 0 aliphatic heterocycles. The predicted molar refractivity (Wildman–Crippen MR) is 70.5 cm³/mol. The highest BCUT2D eigenvalue weighted by Crippen LogP contribution is 2.39. The number of anilines is 1. The van der Waals surface area contributed by atoms with E-state index in [2.05, 4.69) is 35.7 Å². The molecule has 2 atom stereocenters. The van der Waals surface area contributed by atoms with Gasteiger partial charge in [-0.2, -0.15) is 15.0 Å². The van der Waals surface area contributed by atoms with Crippen LogP contribution in [0.1, 0.15) is 40.0 Å². The van der Waals surface area contributed by atoms with Crippen molar-refractivity contribution in [2.24, 2.45) is 11.3 Å². The average molecular weight is 271 g/mol. The zero-order valence-corrected chi connectivity index (χ0v) is 11.7. The van der Waals surface area contributed by atoms with Crippen molar-refractivity contribution in [3.8, 4) is 6.01 Å². The summed E-state index contributed by atoms with van der Waals surface area (Å²) in [5, 5.41) is 0.0700. The molecule has 6 heteroatoms. The van der Waals surface area contributed by atoms with Crippen LogP contribution in [-0.2, 0) is 0 Å². The maximum absolute atomic E-state index is 5.80. The van der Waals surface area contributed by atoms with E-state index in [1.807, 2.05) is 0 Å². The van der Waals surface area contributed by atoms with Crippen LogP contribution >= 0.6 is 11.6 Å². The van der Waals surface area contributed by atoms with Gasteiger partial charge in [-0.15, -0.1) is 0 Å². The Hall–Kier alpha value is -1.10. The van der Waals surface area contributed by atoms with Gasteiger partial charge < -0.3 is 10.5 Å². The Morgan fingerprint density at radius 3 is 2.61 bits per heavy atom. The van der Waals surface area contributed by atoms with Crippen LogP contribution in [0.4, 0.5) is 5.95 Å². The molecule has 5 nitrogen and oxygen atoms in total. The molecule has 0 spiro atoms. The second-order valence-electron chi connectivity index (χ2n) is 5.90. The molecule has 2 rings (SSSR count). The summed E-state index contributed by atoms with van der Waals surface area (Å²) in [6, 6.07) is 0.224. The fourth-order valence-corrected chi connectivity index (χ4v) is 3.06. The maximum atomic E-state index is 5.80. The number of nitrogen functional groups attached to an aromatic ring is 1.